The van der Waals surface area contributed by atoms with Crippen LogP contribution in [-0.2, 0) is 14.8 Å². The highest BCUT2D eigenvalue weighted by Gasteiger charge is 2.25. The first-order chi connectivity index (χ1) is 12.0. The summed E-state index contributed by atoms with van der Waals surface area (Å²) in [5, 5.41) is 2.82. The van der Waals surface area contributed by atoms with Gasteiger partial charge in [-0.2, -0.15) is 0 Å². The van der Waals surface area contributed by atoms with Gasteiger partial charge < -0.3 is 10.1 Å². The number of nitrogens with one attached hydrogen (secondary N) is 2. The molecule has 0 aliphatic heterocycles. The topological polar surface area (TPSA) is 84.5 Å². The van der Waals surface area contributed by atoms with Crippen LogP contribution in [0.4, 0.5) is 11.4 Å². The number of hydrogen-bond donors (Lipinski definition) is 2. The second kappa shape index (κ2) is 7.14. The molecule has 0 heterocycles. The van der Waals surface area contributed by atoms with Crippen LogP contribution in [0.5, 0.6) is 5.75 Å². The first kappa shape index (κ1) is 17.3. The Morgan fingerprint density at radius 3 is 2.36 bits per heavy atom. The van der Waals surface area contributed by atoms with Crippen LogP contribution in [0.15, 0.2) is 53.4 Å². The third-order valence-electron chi connectivity index (χ3n) is 4.26. The average Bonchev–Trinajstić information content (AvgIpc) is 2.54. The van der Waals surface area contributed by atoms with E-state index in [1.54, 1.807) is 36.4 Å². The Kier molecular flexibility index (Phi) is 4.94. The van der Waals surface area contributed by atoms with Crippen molar-refractivity contribution in [3.8, 4) is 5.75 Å². The molecule has 0 radical (unpaired) electrons. The van der Waals surface area contributed by atoms with E-state index in [0.29, 0.717) is 17.1 Å². The molecule has 1 aliphatic rings. The number of rotatable bonds is 6. The fraction of sp³-hybridized carbons (Fsp3) is 0.278. The maximum atomic E-state index is 12.5. The molecule has 1 fully saturated rings. The molecular weight excluding hydrogens is 340 g/mol. The molecule has 1 amide bonds. The predicted octanol–water partition coefficient (Wildman–Crippen LogP) is 3.23. The van der Waals surface area contributed by atoms with Crippen LogP contribution in [0.2, 0.25) is 0 Å². The zero-order valence-electron chi connectivity index (χ0n) is 13.9. The van der Waals surface area contributed by atoms with Crippen LogP contribution in [0.25, 0.3) is 0 Å². The fourth-order valence-corrected chi connectivity index (χ4v) is 3.64. The molecule has 3 rings (SSSR count). The van der Waals surface area contributed by atoms with Gasteiger partial charge in [0.1, 0.15) is 5.75 Å². The SMILES string of the molecule is COc1ccccc1NS(=O)(=O)c1ccc(NC(=O)C2CCC2)cc1. The largest absolute Gasteiger partial charge is 0.495 e. The van der Waals surface area contributed by atoms with Crippen LogP contribution in [-0.4, -0.2) is 21.4 Å². The summed E-state index contributed by atoms with van der Waals surface area (Å²) in [5.41, 5.74) is 0.959. The number of ether oxygens (including phenoxy) is 1. The summed E-state index contributed by atoms with van der Waals surface area (Å²) in [6, 6.07) is 12.9. The lowest BCUT2D eigenvalue weighted by molar-refractivity contribution is -0.122. The summed E-state index contributed by atoms with van der Waals surface area (Å²) in [7, 11) is -2.26. The molecule has 0 aromatic heterocycles. The van der Waals surface area contributed by atoms with Gasteiger partial charge in [0.2, 0.25) is 5.91 Å². The Morgan fingerprint density at radius 1 is 1.08 bits per heavy atom. The lowest BCUT2D eigenvalue weighted by Crippen LogP contribution is -2.28. The summed E-state index contributed by atoms with van der Waals surface area (Å²) >= 11 is 0. The summed E-state index contributed by atoms with van der Waals surface area (Å²) in [4.78, 5) is 12.0. The van der Waals surface area contributed by atoms with Crippen LogP contribution in [0.1, 0.15) is 19.3 Å². The predicted molar refractivity (Wildman–Crippen MR) is 96.2 cm³/mol. The van der Waals surface area contributed by atoms with Gasteiger partial charge in [0.15, 0.2) is 0 Å². The molecular formula is C18H20N2O4S. The normalized spacial score (nSPS) is 14.4. The maximum absolute atomic E-state index is 12.5. The molecule has 1 aliphatic carbocycles. The van der Waals surface area contributed by atoms with Crippen molar-refractivity contribution in [3.63, 3.8) is 0 Å². The second-order valence-corrected chi connectivity index (χ2v) is 7.63. The van der Waals surface area contributed by atoms with Gasteiger partial charge in [0.25, 0.3) is 10.0 Å². The number of methoxy groups -OCH3 is 1. The Labute approximate surface area is 147 Å². The molecule has 0 saturated heterocycles. The number of anilines is 2. The van der Waals surface area contributed by atoms with Crippen molar-refractivity contribution in [2.45, 2.75) is 24.2 Å². The van der Waals surface area contributed by atoms with Crippen molar-refractivity contribution in [1.82, 2.24) is 0 Å². The van der Waals surface area contributed by atoms with Crippen molar-refractivity contribution in [1.29, 1.82) is 0 Å². The zero-order valence-corrected chi connectivity index (χ0v) is 14.7. The van der Waals surface area contributed by atoms with Crippen molar-refractivity contribution >= 4 is 27.3 Å². The molecule has 132 valence electrons. The van der Waals surface area contributed by atoms with E-state index in [4.69, 9.17) is 4.74 Å². The fourth-order valence-electron chi connectivity index (χ4n) is 2.56. The average molecular weight is 360 g/mol. The van der Waals surface area contributed by atoms with E-state index in [1.165, 1.54) is 19.2 Å². The third-order valence-corrected chi connectivity index (χ3v) is 5.64. The van der Waals surface area contributed by atoms with Gasteiger partial charge in [0.05, 0.1) is 17.7 Å². The molecule has 0 spiro atoms. The Hall–Kier alpha value is -2.54. The van der Waals surface area contributed by atoms with Crippen molar-refractivity contribution in [3.05, 3.63) is 48.5 Å². The molecule has 25 heavy (non-hydrogen) atoms. The van der Waals surface area contributed by atoms with Gasteiger partial charge in [-0.25, -0.2) is 8.42 Å². The molecule has 2 N–H and O–H groups in total. The molecule has 0 bridgehead atoms. The molecule has 0 unspecified atom stereocenters. The van der Waals surface area contributed by atoms with Crippen LogP contribution in [0.3, 0.4) is 0 Å². The summed E-state index contributed by atoms with van der Waals surface area (Å²) in [6.45, 7) is 0. The van der Waals surface area contributed by atoms with Crippen molar-refractivity contribution in [2.75, 3.05) is 17.1 Å². The molecule has 0 atom stereocenters. The second-order valence-electron chi connectivity index (χ2n) is 5.95. The van der Waals surface area contributed by atoms with Crippen molar-refractivity contribution < 1.29 is 17.9 Å². The number of amides is 1. The minimum atomic E-state index is -3.74. The van der Waals surface area contributed by atoms with Crippen LogP contribution >= 0.6 is 0 Å². The minimum Gasteiger partial charge on any atom is -0.495 e. The number of carbonyl (C=O) groups is 1. The molecule has 6 nitrogen and oxygen atoms in total. The lowest BCUT2D eigenvalue weighted by atomic mass is 9.85. The number of sulfonamides is 1. The van der Waals surface area contributed by atoms with Gasteiger partial charge in [-0.05, 0) is 49.2 Å². The standard InChI is InChI=1S/C18H20N2O4S/c1-24-17-8-3-2-7-16(17)20-25(22,23)15-11-9-14(10-12-15)19-18(21)13-5-4-6-13/h2-3,7-13,20H,4-6H2,1H3,(H,19,21). The van der Waals surface area contributed by atoms with Crippen LogP contribution < -0.4 is 14.8 Å². The number of hydrogen-bond acceptors (Lipinski definition) is 4. The molecule has 1 saturated carbocycles. The van der Waals surface area contributed by atoms with Gasteiger partial charge in [0, 0.05) is 11.6 Å². The monoisotopic (exact) mass is 360 g/mol. The van der Waals surface area contributed by atoms with E-state index in [0.717, 1.165) is 19.3 Å². The van der Waals surface area contributed by atoms with E-state index >= 15 is 0 Å². The van der Waals surface area contributed by atoms with E-state index in [-0.39, 0.29) is 16.7 Å². The Morgan fingerprint density at radius 2 is 1.76 bits per heavy atom. The van der Waals surface area contributed by atoms with Gasteiger partial charge in [-0.3, -0.25) is 9.52 Å². The Balaban J connectivity index is 1.72. The van der Waals surface area contributed by atoms with Crippen molar-refractivity contribution in [2.24, 2.45) is 5.92 Å². The molecule has 2 aromatic carbocycles. The number of carbonyl (C=O) groups excluding carboxylic acids is 1. The first-order valence-corrected chi connectivity index (χ1v) is 9.55. The summed E-state index contributed by atoms with van der Waals surface area (Å²) < 4.78 is 32.7. The van der Waals surface area contributed by atoms with E-state index in [1.807, 2.05) is 0 Å². The van der Waals surface area contributed by atoms with E-state index in [9.17, 15) is 13.2 Å². The van der Waals surface area contributed by atoms with Gasteiger partial charge in [-0.15, -0.1) is 0 Å². The molecule has 2 aromatic rings. The maximum Gasteiger partial charge on any atom is 0.262 e. The molecule has 7 heteroatoms. The smallest absolute Gasteiger partial charge is 0.262 e. The number of para-hydroxylation sites is 2. The Bertz CT molecular complexity index is 859. The summed E-state index contributed by atoms with van der Waals surface area (Å²) in [5.74, 6) is 0.514. The lowest BCUT2D eigenvalue weighted by Gasteiger charge is -2.24. The van der Waals surface area contributed by atoms with E-state index in [2.05, 4.69) is 10.0 Å². The minimum absolute atomic E-state index is 0.00555. The van der Waals surface area contributed by atoms with Crippen LogP contribution in [0, 0.1) is 5.92 Å². The zero-order chi connectivity index (χ0) is 17.9. The number of benzene rings is 2. The highest BCUT2D eigenvalue weighted by atomic mass is 32.2. The quantitative estimate of drug-likeness (QED) is 0.828. The van der Waals surface area contributed by atoms with Gasteiger partial charge >= 0.3 is 0 Å². The third kappa shape index (κ3) is 3.93. The van der Waals surface area contributed by atoms with Gasteiger partial charge in [-0.1, -0.05) is 18.6 Å². The first-order valence-electron chi connectivity index (χ1n) is 8.06. The van der Waals surface area contributed by atoms with E-state index < -0.39 is 10.0 Å². The highest BCUT2D eigenvalue weighted by Crippen LogP contribution is 2.28. The highest BCUT2D eigenvalue weighted by molar-refractivity contribution is 7.92. The summed E-state index contributed by atoms with van der Waals surface area (Å²) in [6.07, 6.45) is 2.92.